The van der Waals surface area contributed by atoms with Crippen molar-refractivity contribution in [1.82, 2.24) is 14.9 Å². The molecule has 0 radical (unpaired) electrons. The number of nitrogens with zero attached hydrogens (tertiary/aromatic N) is 2. The lowest BCUT2D eigenvalue weighted by atomic mass is 9.98. The molecule has 35 heavy (non-hydrogen) atoms. The number of methoxy groups -OCH3 is 1. The number of amides is 1. The minimum atomic E-state index is -0.438. The van der Waals surface area contributed by atoms with Crippen LogP contribution in [0.15, 0.2) is 66.7 Å². The number of benzene rings is 3. The van der Waals surface area contributed by atoms with E-state index in [4.69, 9.17) is 14.9 Å². The summed E-state index contributed by atoms with van der Waals surface area (Å²) in [5.74, 6) is -0.405. The summed E-state index contributed by atoms with van der Waals surface area (Å²) in [7, 11) is 3.37. The van der Waals surface area contributed by atoms with Crippen LogP contribution in [0.4, 0.5) is 4.79 Å². The minimum Gasteiger partial charge on any atom is -0.465 e. The fourth-order valence-electron chi connectivity index (χ4n) is 3.94. The number of fused-ring (bicyclic) bond motifs is 1. The Labute approximate surface area is 205 Å². The molecule has 3 aromatic carbocycles. The highest BCUT2D eigenvalue weighted by atomic mass is 31.0. The molecule has 1 unspecified atom stereocenters. The average molecular weight is 488 g/mol. The fraction of sp³-hybridized carbons (Fsp3) is 0.154. The van der Waals surface area contributed by atoms with Crippen LogP contribution in [0, 0.1) is 5.41 Å². The third-order valence-electron chi connectivity index (χ3n) is 5.46. The van der Waals surface area contributed by atoms with Gasteiger partial charge in [0.1, 0.15) is 5.84 Å². The molecule has 9 heteroatoms. The SMILES string of the molecule is CCOc1nc2cccc(C(=O)OC)c2n1Cc1ccc(-c2ccccc2C(=N)NC(=O)P)cc1. The molecule has 1 aromatic heterocycles. The number of hydrogen-bond acceptors (Lipinski definition) is 6. The number of amidine groups is 1. The second-order valence-electron chi connectivity index (χ2n) is 7.69. The third kappa shape index (κ3) is 5.08. The number of aromatic nitrogens is 2. The van der Waals surface area contributed by atoms with Crippen molar-refractivity contribution in [3.05, 3.63) is 83.4 Å². The molecule has 1 amide bonds. The number of ether oxygens (including phenoxy) is 2. The van der Waals surface area contributed by atoms with E-state index < -0.39 is 5.97 Å². The van der Waals surface area contributed by atoms with Crippen molar-refractivity contribution >= 4 is 37.7 Å². The van der Waals surface area contributed by atoms with E-state index in [0.717, 1.165) is 16.7 Å². The molecule has 2 N–H and O–H groups in total. The first-order valence-corrected chi connectivity index (χ1v) is 11.5. The molecular weight excluding hydrogens is 463 g/mol. The Hall–Kier alpha value is -4.03. The molecule has 4 rings (SSSR count). The van der Waals surface area contributed by atoms with Gasteiger partial charge in [0.15, 0.2) is 0 Å². The van der Waals surface area contributed by atoms with Crippen molar-refractivity contribution in [3.63, 3.8) is 0 Å². The van der Waals surface area contributed by atoms with Gasteiger partial charge in [-0.15, -0.1) is 0 Å². The zero-order valence-corrected chi connectivity index (χ0v) is 20.5. The normalized spacial score (nSPS) is 10.7. The van der Waals surface area contributed by atoms with E-state index in [0.29, 0.717) is 41.3 Å². The fourth-order valence-corrected chi connectivity index (χ4v) is 4.08. The minimum absolute atomic E-state index is 0.0336. The van der Waals surface area contributed by atoms with Crippen molar-refractivity contribution in [1.29, 1.82) is 5.41 Å². The number of carbonyl (C=O) groups excluding carboxylic acids is 2. The highest BCUT2D eigenvalue weighted by molar-refractivity contribution is 7.40. The summed E-state index contributed by atoms with van der Waals surface area (Å²) in [6.45, 7) is 2.75. The number of para-hydroxylation sites is 1. The number of hydrogen-bond donors (Lipinski definition) is 2. The van der Waals surface area contributed by atoms with E-state index in [1.54, 1.807) is 18.2 Å². The molecule has 0 bridgehead atoms. The van der Waals surface area contributed by atoms with E-state index in [1.807, 2.05) is 69.3 Å². The Morgan fingerprint density at radius 2 is 1.74 bits per heavy atom. The van der Waals surface area contributed by atoms with Crippen LogP contribution in [0.3, 0.4) is 0 Å². The van der Waals surface area contributed by atoms with Crippen LogP contribution in [0.5, 0.6) is 6.01 Å². The Kier molecular flexibility index (Phi) is 7.22. The Morgan fingerprint density at radius 3 is 2.43 bits per heavy atom. The van der Waals surface area contributed by atoms with Crippen molar-refractivity contribution in [2.45, 2.75) is 13.5 Å². The smallest absolute Gasteiger partial charge is 0.340 e. The summed E-state index contributed by atoms with van der Waals surface area (Å²) in [6.07, 6.45) is 0. The molecule has 0 saturated carbocycles. The largest absolute Gasteiger partial charge is 0.465 e. The van der Waals surface area contributed by atoms with Crippen molar-refractivity contribution < 1.29 is 19.1 Å². The number of esters is 1. The van der Waals surface area contributed by atoms with E-state index in [1.165, 1.54) is 7.11 Å². The van der Waals surface area contributed by atoms with Gasteiger partial charge in [-0.25, -0.2) is 4.79 Å². The number of rotatable bonds is 7. The average Bonchev–Trinajstić information content (AvgIpc) is 3.21. The van der Waals surface area contributed by atoms with Crippen LogP contribution in [0.25, 0.3) is 22.2 Å². The van der Waals surface area contributed by atoms with Crippen LogP contribution in [0.1, 0.15) is 28.4 Å². The molecule has 0 saturated heterocycles. The lowest BCUT2D eigenvalue weighted by Crippen LogP contribution is -2.25. The van der Waals surface area contributed by atoms with Gasteiger partial charge in [-0.1, -0.05) is 54.6 Å². The van der Waals surface area contributed by atoms with Gasteiger partial charge in [0.25, 0.3) is 6.01 Å². The molecule has 0 aliphatic rings. The standard InChI is InChI=1S/C26H25N4O4P/c1-3-34-25-28-21-10-6-9-20(24(31)33-2)22(21)30(25)15-16-11-13-17(14-12-16)18-7-4-5-8-19(18)23(27)29-26(32)35/h4-14H,3,15,35H2,1-2H3,(H2,27,29,32). The molecule has 0 aliphatic heterocycles. The quantitative estimate of drug-likeness (QED) is 0.167. The van der Waals surface area contributed by atoms with E-state index in [2.05, 4.69) is 10.3 Å². The molecule has 0 aliphatic carbocycles. The predicted octanol–water partition coefficient (Wildman–Crippen LogP) is 4.85. The van der Waals surface area contributed by atoms with Crippen LogP contribution in [-0.4, -0.2) is 40.7 Å². The van der Waals surface area contributed by atoms with Gasteiger partial charge in [-0.2, -0.15) is 4.98 Å². The van der Waals surface area contributed by atoms with Gasteiger partial charge in [-0.05, 0) is 45.0 Å². The zero-order chi connectivity index (χ0) is 24.9. The number of carbonyl (C=O) groups is 2. The molecule has 1 atom stereocenters. The van der Waals surface area contributed by atoms with Gasteiger partial charge < -0.3 is 14.8 Å². The molecule has 178 valence electrons. The van der Waals surface area contributed by atoms with E-state index in [-0.39, 0.29) is 11.5 Å². The molecule has 0 spiro atoms. The van der Waals surface area contributed by atoms with Gasteiger partial charge in [-0.3, -0.25) is 14.8 Å². The van der Waals surface area contributed by atoms with E-state index >= 15 is 0 Å². The maximum absolute atomic E-state index is 12.4. The number of imidazole rings is 1. The van der Waals surface area contributed by atoms with Gasteiger partial charge in [0, 0.05) is 5.56 Å². The van der Waals surface area contributed by atoms with Crippen LogP contribution < -0.4 is 10.1 Å². The first-order chi connectivity index (χ1) is 16.9. The zero-order valence-electron chi connectivity index (χ0n) is 19.4. The first kappa shape index (κ1) is 24.1. The maximum Gasteiger partial charge on any atom is 0.340 e. The van der Waals surface area contributed by atoms with Gasteiger partial charge >= 0.3 is 5.97 Å². The summed E-state index contributed by atoms with van der Waals surface area (Å²) in [5.41, 5.74) is 4.68. The molecule has 1 heterocycles. The number of nitrogens with one attached hydrogen (secondary N) is 2. The Bertz CT molecular complexity index is 1410. The monoisotopic (exact) mass is 488 g/mol. The highest BCUT2D eigenvalue weighted by Crippen LogP contribution is 2.28. The molecular formula is C26H25N4O4P. The molecule has 4 aromatic rings. The third-order valence-corrected chi connectivity index (χ3v) is 5.60. The Balaban J connectivity index is 1.71. The Morgan fingerprint density at radius 1 is 1.03 bits per heavy atom. The second kappa shape index (κ2) is 10.5. The summed E-state index contributed by atoms with van der Waals surface area (Å²) in [5, 5.41) is 10.7. The van der Waals surface area contributed by atoms with Crippen molar-refractivity contribution in [3.8, 4) is 17.1 Å². The van der Waals surface area contributed by atoms with Crippen LogP contribution in [0.2, 0.25) is 0 Å². The maximum atomic E-state index is 12.4. The lowest BCUT2D eigenvalue weighted by molar-refractivity contribution is 0.0602. The van der Waals surface area contributed by atoms with Crippen LogP contribution in [-0.2, 0) is 11.3 Å². The summed E-state index contributed by atoms with van der Waals surface area (Å²) < 4.78 is 12.6. The topological polar surface area (TPSA) is 106 Å². The predicted molar refractivity (Wildman–Crippen MR) is 138 cm³/mol. The first-order valence-electron chi connectivity index (χ1n) is 11.0. The van der Waals surface area contributed by atoms with E-state index in [9.17, 15) is 9.59 Å². The summed E-state index contributed by atoms with van der Waals surface area (Å²) in [6, 6.07) is 21.1. The van der Waals surface area contributed by atoms with Crippen molar-refractivity contribution in [2.75, 3.05) is 13.7 Å². The van der Waals surface area contributed by atoms with Crippen LogP contribution >= 0.6 is 9.24 Å². The highest BCUT2D eigenvalue weighted by Gasteiger charge is 2.20. The lowest BCUT2D eigenvalue weighted by Gasteiger charge is -2.13. The summed E-state index contributed by atoms with van der Waals surface area (Å²) >= 11 is 0. The second-order valence-corrected chi connectivity index (χ2v) is 8.21. The van der Waals surface area contributed by atoms with Crippen molar-refractivity contribution in [2.24, 2.45) is 0 Å². The molecule has 0 fully saturated rings. The summed E-state index contributed by atoms with van der Waals surface area (Å²) in [4.78, 5) is 28.4. The van der Waals surface area contributed by atoms with Gasteiger partial charge in [0.2, 0.25) is 5.65 Å². The molecule has 8 nitrogen and oxygen atoms in total. The van der Waals surface area contributed by atoms with Gasteiger partial charge in [0.05, 0.1) is 36.9 Å².